The van der Waals surface area contributed by atoms with E-state index >= 15 is 0 Å². The van der Waals surface area contributed by atoms with Crippen molar-refractivity contribution in [2.75, 3.05) is 44.1 Å². The van der Waals surface area contributed by atoms with E-state index in [4.69, 9.17) is 4.74 Å². The van der Waals surface area contributed by atoms with Gasteiger partial charge in [0.1, 0.15) is 6.61 Å². The van der Waals surface area contributed by atoms with Gasteiger partial charge in [0, 0.05) is 44.0 Å². The van der Waals surface area contributed by atoms with Crippen LogP contribution in [0.5, 0.6) is 0 Å². The number of anilines is 2. The summed E-state index contributed by atoms with van der Waals surface area (Å²) in [6.45, 7) is 1.15. The fourth-order valence-corrected chi connectivity index (χ4v) is 3.07. The lowest BCUT2D eigenvalue weighted by Crippen LogP contribution is -2.41. The molecule has 0 atom stereocenters. The normalized spacial score (nSPS) is 13.9. The third-order valence-electron chi connectivity index (χ3n) is 4.70. The van der Waals surface area contributed by atoms with E-state index in [1.165, 1.54) is 4.90 Å². The highest BCUT2D eigenvalue weighted by molar-refractivity contribution is 5.96. The number of carbonyl (C=O) groups is 3. The van der Waals surface area contributed by atoms with Crippen LogP contribution in [0.1, 0.15) is 22.3 Å². The first kappa shape index (κ1) is 20.5. The molecular weight excluding hydrogens is 370 g/mol. The van der Waals surface area contributed by atoms with Gasteiger partial charge in [-0.15, -0.1) is 0 Å². The van der Waals surface area contributed by atoms with Gasteiger partial charge in [0.2, 0.25) is 5.91 Å². The van der Waals surface area contributed by atoms with Crippen LogP contribution < -0.4 is 10.2 Å². The molecule has 7 nitrogen and oxygen atoms in total. The number of aryl methyl sites for hydroxylation is 1. The minimum absolute atomic E-state index is 0.0449. The number of benzene rings is 2. The second-order valence-electron chi connectivity index (χ2n) is 7.09. The lowest BCUT2D eigenvalue weighted by Gasteiger charge is -2.26. The largest absolute Gasteiger partial charge is 0.370 e. The number of nitrogens with zero attached hydrogens (tertiary/aromatic N) is 2. The average Bonchev–Trinajstić information content (AvgIpc) is 2.73. The molecule has 3 rings (SSSR count). The molecule has 0 aromatic heterocycles. The summed E-state index contributed by atoms with van der Waals surface area (Å²) < 4.78 is 5.13. The Morgan fingerprint density at radius 1 is 1.07 bits per heavy atom. The molecule has 1 heterocycles. The number of ether oxygens (including phenoxy) is 1. The van der Waals surface area contributed by atoms with E-state index in [-0.39, 0.29) is 24.3 Å². The van der Waals surface area contributed by atoms with Gasteiger partial charge in [-0.2, -0.15) is 0 Å². The third kappa shape index (κ3) is 5.42. The average molecular weight is 395 g/mol. The summed E-state index contributed by atoms with van der Waals surface area (Å²) in [5.41, 5.74) is 3.11. The van der Waals surface area contributed by atoms with E-state index in [2.05, 4.69) is 5.32 Å². The second kappa shape index (κ2) is 9.34. The first-order valence-electron chi connectivity index (χ1n) is 9.52. The zero-order chi connectivity index (χ0) is 20.8. The highest BCUT2D eigenvalue weighted by Crippen LogP contribution is 2.20. The summed E-state index contributed by atoms with van der Waals surface area (Å²) in [6, 6.07) is 14.5. The predicted octanol–water partition coefficient (Wildman–Crippen LogP) is 2.32. The number of amides is 3. The molecule has 3 amide bonds. The molecule has 0 bridgehead atoms. The number of hydrogen-bond donors (Lipinski definition) is 1. The van der Waals surface area contributed by atoms with Crippen LogP contribution in [0.25, 0.3) is 0 Å². The molecular formula is C22H25N3O4. The first-order valence-corrected chi connectivity index (χ1v) is 9.52. The van der Waals surface area contributed by atoms with Crippen LogP contribution in [-0.4, -0.2) is 56.5 Å². The van der Waals surface area contributed by atoms with Crippen molar-refractivity contribution in [2.45, 2.75) is 12.8 Å². The summed E-state index contributed by atoms with van der Waals surface area (Å²) >= 11 is 0. The Bertz CT molecular complexity index is 876. The maximum absolute atomic E-state index is 12.2. The molecule has 2 aromatic rings. The first-order chi connectivity index (χ1) is 13.9. The number of carbonyl (C=O) groups excluding carboxylic acids is 3. The van der Waals surface area contributed by atoms with Crippen LogP contribution in [0.3, 0.4) is 0 Å². The molecule has 0 spiro atoms. The minimum atomic E-state index is -0.0892. The van der Waals surface area contributed by atoms with Gasteiger partial charge in [0.25, 0.3) is 11.8 Å². The van der Waals surface area contributed by atoms with E-state index in [1.807, 2.05) is 24.3 Å². The van der Waals surface area contributed by atoms with Crippen LogP contribution >= 0.6 is 0 Å². The van der Waals surface area contributed by atoms with Gasteiger partial charge < -0.3 is 19.9 Å². The highest BCUT2D eigenvalue weighted by atomic mass is 16.5. The summed E-state index contributed by atoms with van der Waals surface area (Å²) in [6.07, 6.45) is 0.924. The third-order valence-corrected chi connectivity index (χ3v) is 4.70. The quantitative estimate of drug-likeness (QED) is 0.814. The maximum atomic E-state index is 12.2. The van der Waals surface area contributed by atoms with Crippen molar-refractivity contribution in [3.8, 4) is 0 Å². The zero-order valence-corrected chi connectivity index (χ0v) is 16.7. The SMILES string of the molecule is CN(C)C(=O)c1ccc(CCC(=O)Nc2ccc(N3CCOCC3=O)cc2)cc1. The van der Waals surface area contributed by atoms with Gasteiger partial charge in [-0.05, 0) is 48.4 Å². The van der Waals surface area contributed by atoms with E-state index in [9.17, 15) is 14.4 Å². The van der Waals surface area contributed by atoms with Crippen molar-refractivity contribution >= 4 is 29.1 Å². The van der Waals surface area contributed by atoms with Gasteiger partial charge in [-0.1, -0.05) is 12.1 Å². The Morgan fingerprint density at radius 3 is 2.38 bits per heavy atom. The fraction of sp³-hybridized carbons (Fsp3) is 0.318. The van der Waals surface area contributed by atoms with Crippen molar-refractivity contribution in [3.63, 3.8) is 0 Å². The molecule has 7 heteroatoms. The van der Waals surface area contributed by atoms with Crippen LogP contribution in [0.15, 0.2) is 48.5 Å². The molecule has 1 aliphatic heterocycles. The van der Waals surface area contributed by atoms with Crippen molar-refractivity contribution in [2.24, 2.45) is 0 Å². The Morgan fingerprint density at radius 2 is 1.76 bits per heavy atom. The Hall–Kier alpha value is -3.19. The molecule has 0 saturated carbocycles. The Labute approximate surface area is 170 Å². The highest BCUT2D eigenvalue weighted by Gasteiger charge is 2.20. The minimum Gasteiger partial charge on any atom is -0.370 e. The maximum Gasteiger partial charge on any atom is 0.253 e. The van der Waals surface area contributed by atoms with Crippen molar-refractivity contribution in [3.05, 3.63) is 59.7 Å². The van der Waals surface area contributed by atoms with Crippen molar-refractivity contribution in [1.29, 1.82) is 0 Å². The second-order valence-corrected chi connectivity index (χ2v) is 7.09. The summed E-state index contributed by atoms with van der Waals surface area (Å²) in [4.78, 5) is 39.2. The van der Waals surface area contributed by atoms with E-state index in [0.29, 0.717) is 37.2 Å². The summed E-state index contributed by atoms with van der Waals surface area (Å²) in [7, 11) is 3.43. The van der Waals surface area contributed by atoms with Crippen molar-refractivity contribution < 1.29 is 19.1 Å². The van der Waals surface area contributed by atoms with Crippen LogP contribution in [0, 0.1) is 0 Å². The van der Waals surface area contributed by atoms with Gasteiger partial charge in [-0.3, -0.25) is 14.4 Å². The fourth-order valence-electron chi connectivity index (χ4n) is 3.07. The molecule has 2 aromatic carbocycles. The molecule has 0 unspecified atom stereocenters. The topological polar surface area (TPSA) is 79.0 Å². The Kier molecular flexibility index (Phi) is 6.61. The van der Waals surface area contributed by atoms with E-state index in [1.54, 1.807) is 43.3 Å². The number of nitrogens with one attached hydrogen (secondary N) is 1. The number of rotatable bonds is 6. The molecule has 0 aliphatic carbocycles. The monoisotopic (exact) mass is 395 g/mol. The molecule has 1 aliphatic rings. The number of hydrogen-bond acceptors (Lipinski definition) is 4. The Balaban J connectivity index is 1.50. The standard InChI is InChI=1S/C22H25N3O4/c1-24(2)22(28)17-6-3-16(4-7-17)5-12-20(26)23-18-8-10-19(11-9-18)25-13-14-29-15-21(25)27/h3-4,6-11H,5,12-15H2,1-2H3,(H,23,26). The smallest absolute Gasteiger partial charge is 0.253 e. The van der Waals surface area contributed by atoms with E-state index in [0.717, 1.165) is 11.3 Å². The van der Waals surface area contributed by atoms with Crippen LogP contribution in [0.4, 0.5) is 11.4 Å². The lowest BCUT2D eigenvalue weighted by molar-refractivity contribution is -0.125. The van der Waals surface area contributed by atoms with Crippen LogP contribution in [0.2, 0.25) is 0 Å². The van der Waals surface area contributed by atoms with Gasteiger partial charge >= 0.3 is 0 Å². The van der Waals surface area contributed by atoms with E-state index < -0.39 is 0 Å². The van der Waals surface area contributed by atoms with Gasteiger partial charge in [0.05, 0.1) is 6.61 Å². The zero-order valence-electron chi connectivity index (χ0n) is 16.7. The van der Waals surface area contributed by atoms with Gasteiger partial charge in [-0.25, -0.2) is 0 Å². The predicted molar refractivity (Wildman–Crippen MR) is 111 cm³/mol. The van der Waals surface area contributed by atoms with Crippen LogP contribution in [-0.2, 0) is 20.7 Å². The van der Waals surface area contributed by atoms with Gasteiger partial charge in [0.15, 0.2) is 0 Å². The molecule has 29 heavy (non-hydrogen) atoms. The molecule has 1 saturated heterocycles. The summed E-state index contributed by atoms with van der Waals surface area (Å²) in [5, 5.41) is 2.87. The summed E-state index contributed by atoms with van der Waals surface area (Å²) in [5.74, 6) is -0.198. The van der Waals surface area contributed by atoms with Crippen molar-refractivity contribution in [1.82, 2.24) is 4.90 Å². The molecule has 1 N–H and O–H groups in total. The lowest BCUT2D eigenvalue weighted by atomic mass is 10.1. The molecule has 0 radical (unpaired) electrons. The number of morpholine rings is 1. The molecule has 1 fully saturated rings. The molecule has 152 valence electrons.